The molecule has 28 heavy (non-hydrogen) atoms. The van der Waals surface area contributed by atoms with Crippen LogP contribution in [0, 0.1) is 13.8 Å². The molecule has 0 bridgehead atoms. The number of hydrogen-bond donors (Lipinski definition) is 2. The Hall–Kier alpha value is -2.09. The molecule has 0 aliphatic carbocycles. The molecule has 1 saturated heterocycles. The van der Waals surface area contributed by atoms with Crippen molar-refractivity contribution < 1.29 is 13.2 Å². The van der Waals surface area contributed by atoms with Crippen molar-refractivity contribution in [3.63, 3.8) is 0 Å². The van der Waals surface area contributed by atoms with Crippen molar-refractivity contribution in [2.45, 2.75) is 31.2 Å². The van der Waals surface area contributed by atoms with E-state index in [2.05, 4.69) is 10.0 Å². The number of anilines is 1. The second kappa shape index (κ2) is 8.94. The summed E-state index contributed by atoms with van der Waals surface area (Å²) in [5, 5.41) is 3.24. The topological polar surface area (TPSA) is 78.5 Å². The molecule has 1 aliphatic rings. The van der Waals surface area contributed by atoms with Gasteiger partial charge in [0.15, 0.2) is 0 Å². The number of aryl methyl sites for hydroxylation is 2. The van der Waals surface area contributed by atoms with E-state index in [9.17, 15) is 13.2 Å². The summed E-state index contributed by atoms with van der Waals surface area (Å²) in [7, 11) is -2.01. The zero-order chi connectivity index (χ0) is 19.6. The SMILES string of the molecule is Cc1cccc(NS(=O)(=O)c2ccc(C)c(C(=O)N(C)C3CCNC3)c2)c1.Cl. The zero-order valence-corrected chi connectivity index (χ0v) is 17.9. The number of benzene rings is 2. The van der Waals surface area contributed by atoms with Crippen molar-refractivity contribution in [1.82, 2.24) is 10.2 Å². The summed E-state index contributed by atoms with van der Waals surface area (Å²) in [4.78, 5) is 14.7. The van der Waals surface area contributed by atoms with Gasteiger partial charge >= 0.3 is 0 Å². The van der Waals surface area contributed by atoms with Crippen molar-refractivity contribution >= 4 is 34.0 Å². The largest absolute Gasteiger partial charge is 0.337 e. The zero-order valence-electron chi connectivity index (χ0n) is 16.2. The van der Waals surface area contributed by atoms with Gasteiger partial charge in [-0.05, 0) is 62.2 Å². The Bertz CT molecular complexity index is 957. The lowest BCUT2D eigenvalue weighted by Crippen LogP contribution is -2.38. The van der Waals surface area contributed by atoms with Crippen LogP contribution in [0.2, 0.25) is 0 Å². The van der Waals surface area contributed by atoms with Crippen LogP contribution in [0.4, 0.5) is 5.69 Å². The number of hydrogen-bond acceptors (Lipinski definition) is 4. The summed E-state index contributed by atoms with van der Waals surface area (Å²) in [5.41, 5.74) is 2.63. The molecular weight excluding hydrogens is 398 g/mol. The van der Waals surface area contributed by atoms with Crippen LogP contribution < -0.4 is 10.0 Å². The summed E-state index contributed by atoms with van der Waals surface area (Å²) in [6.07, 6.45) is 0.897. The minimum atomic E-state index is -3.78. The summed E-state index contributed by atoms with van der Waals surface area (Å²) in [6, 6.07) is 12.0. The van der Waals surface area contributed by atoms with Crippen LogP contribution in [0.3, 0.4) is 0 Å². The minimum absolute atomic E-state index is 0. The number of halogens is 1. The van der Waals surface area contributed by atoms with Crippen LogP contribution >= 0.6 is 12.4 Å². The fourth-order valence-corrected chi connectivity index (χ4v) is 4.32. The summed E-state index contributed by atoms with van der Waals surface area (Å²) < 4.78 is 28.1. The van der Waals surface area contributed by atoms with Gasteiger partial charge in [-0.3, -0.25) is 9.52 Å². The van der Waals surface area contributed by atoms with Crippen LogP contribution in [-0.4, -0.2) is 45.4 Å². The third-order valence-corrected chi connectivity index (χ3v) is 6.30. The Balaban J connectivity index is 0.00000280. The highest BCUT2D eigenvalue weighted by molar-refractivity contribution is 7.92. The molecule has 1 atom stereocenters. The number of nitrogens with one attached hydrogen (secondary N) is 2. The van der Waals surface area contributed by atoms with Gasteiger partial charge in [-0.1, -0.05) is 18.2 Å². The van der Waals surface area contributed by atoms with Crippen molar-refractivity contribution in [3.05, 3.63) is 59.2 Å². The van der Waals surface area contributed by atoms with E-state index in [-0.39, 0.29) is 29.3 Å². The van der Waals surface area contributed by atoms with Crippen molar-refractivity contribution in [2.24, 2.45) is 0 Å². The highest BCUT2D eigenvalue weighted by Crippen LogP contribution is 2.22. The Kier molecular flexibility index (Phi) is 7.09. The fourth-order valence-electron chi connectivity index (χ4n) is 3.25. The molecule has 1 heterocycles. The molecule has 1 fully saturated rings. The van der Waals surface area contributed by atoms with E-state index in [4.69, 9.17) is 0 Å². The minimum Gasteiger partial charge on any atom is -0.337 e. The smallest absolute Gasteiger partial charge is 0.261 e. The normalized spacial score (nSPS) is 16.3. The Morgan fingerprint density at radius 1 is 1.18 bits per heavy atom. The lowest BCUT2D eigenvalue weighted by atomic mass is 10.1. The molecule has 2 aromatic carbocycles. The average molecular weight is 424 g/mol. The first-order valence-electron chi connectivity index (χ1n) is 8.96. The molecule has 0 aromatic heterocycles. The van der Waals surface area contributed by atoms with Gasteiger partial charge in [0.05, 0.1) is 4.90 Å². The predicted octanol–water partition coefficient (Wildman–Crippen LogP) is 2.96. The third-order valence-electron chi connectivity index (χ3n) is 4.92. The van der Waals surface area contributed by atoms with Gasteiger partial charge in [0.25, 0.3) is 15.9 Å². The molecule has 0 saturated carbocycles. The predicted molar refractivity (Wildman–Crippen MR) is 114 cm³/mol. The monoisotopic (exact) mass is 423 g/mol. The number of sulfonamides is 1. The van der Waals surface area contributed by atoms with E-state index >= 15 is 0 Å². The van der Waals surface area contributed by atoms with Crippen molar-refractivity contribution in [1.29, 1.82) is 0 Å². The lowest BCUT2D eigenvalue weighted by molar-refractivity contribution is 0.0743. The standard InChI is InChI=1S/C20H25N3O3S.ClH/c1-14-5-4-6-16(11-14)22-27(25,26)18-8-7-15(2)19(12-18)20(24)23(3)17-9-10-21-13-17;/h4-8,11-12,17,21-22H,9-10,13H2,1-3H3;1H. The van der Waals surface area contributed by atoms with Crippen LogP contribution in [0.25, 0.3) is 0 Å². The van der Waals surface area contributed by atoms with E-state index in [1.54, 1.807) is 36.2 Å². The molecule has 0 radical (unpaired) electrons. The molecule has 1 aliphatic heterocycles. The molecule has 1 unspecified atom stereocenters. The Morgan fingerprint density at radius 3 is 2.57 bits per heavy atom. The summed E-state index contributed by atoms with van der Waals surface area (Å²) >= 11 is 0. The van der Waals surface area contributed by atoms with Crippen LogP contribution in [0.5, 0.6) is 0 Å². The third kappa shape index (κ3) is 4.84. The number of amides is 1. The van der Waals surface area contributed by atoms with E-state index in [1.165, 1.54) is 12.1 Å². The van der Waals surface area contributed by atoms with Crippen LogP contribution in [0.15, 0.2) is 47.4 Å². The average Bonchev–Trinajstić information content (AvgIpc) is 3.15. The van der Waals surface area contributed by atoms with Gasteiger partial charge in [-0.15, -0.1) is 12.4 Å². The summed E-state index contributed by atoms with van der Waals surface area (Å²) in [6.45, 7) is 5.36. The van der Waals surface area contributed by atoms with Gasteiger partial charge in [-0.2, -0.15) is 0 Å². The van der Waals surface area contributed by atoms with E-state index < -0.39 is 10.0 Å². The number of carbonyl (C=O) groups excluding carboxylic acids is 1. The molecule has 0 spiro atoms. The first-order valence-corrected chi connectivity index (χ1v) is 10.4. The number of nitrogens with zero attached hydrogens (tertiary/aromatic N) is 1. The van der Waals surface area contributed by atoms with Crippen LogP contribution in [-0.2, 0) is 10.0 Å². The first kappa shape index (κ1) is 22.2. The first-order chi connectivity index (χ1) is 12.8. The molecule has 2 aromatic rings. The van der Waals surface area contributed by atoms with Gasteiger partial charge in [0.1, 0.15) is 0 Å². The Morgan fingerprint density at radius 2 is 1.93 bits per heavy atom. The van der Waals surface area contributed by atoms with Gasteiger partial charge in [0.2, 0.25) is 0 Å². The van der Waals surface area contributed by atoms with Crippen molar-refractivity contribution in [2.75, 3.05) is 24.9 Å². The lowest BCUT2D eigenvalue weighted by Gasteiger charge is -2.24. The molecular formula is C20H26ClN3O3S. The van der Waals surface area contributed by atoms with Gasteiger partial charge < -0.3 is 10.2 Å². The number of likely N-dealkylation sites (N-methyl/N-ethyl adjacent to an activating group) is 1. The van der Waals surface area contributed by atoms with Gasteiger partial charge in [-0.25, -0.2) is 8.42 Å². The quantitative estimate of drug-likeness (QED) is 0.774. The highest BCUT2D eigenvalue weighted by Gasteiger charge is 2.26. The fraction of sp³-hybridized carbons (Fsp3) is 0.350. The molecule has 152 valence electrons. The van der Waals surface area contributed by atoms with E-state index in [0.717, 1.165) is 30.6 Å². The maximum absolute atomic E-state index is 12.9. The highest BCUT2D eigenvalue weighted by atomic mass is 35.5. The molecule has 6 nitrogen and oxygen atoms in total. The van der Waals surface area contributed by atoms with Gasteiger partial charge in [0, 0.05) is 30.9 Å². The van der Waals surface area contributed by atoms with Crippen molar-refractivity contribution in [3.8, 4) is 0 Å². The van der Waals surface area contributed by atoms with E-state index in [1.807, 2.05) is 19.9 Å². The summed E-state index contributed by atoms with van der Waals surface area (Å²) in [5.74, 6) is -0.159. The molecule has 8 heteroatoms. The molecule has 1 amide bonds. The number of carbonyl (C=O) groups is 1. The van der Waals surface area contributed by atoms with E-state index in [0.29, 0.717) is 11.3 Å². The Labute approximate surface area is 172 Å². The van der Waals surface area contributed by atoms with Crippen LogP contribution in [0.1, 0.15) is 27.9 Å². The maximum atomic E-state index is 12.9. The second-order valence-corrected chi connectivity index (χ2v) is 8.70. The second-order valence-electron chi connectivity index (χ2n) is 7.01. The maximum Gasteiger partial charge on any atom is 0.261 e. The number of rotatable bonds is 5. The molecule has 2 N–H and O–H groups in total. The molecule has 3 rings (SSSR count).